The van der Waals surface area contributed by atoms with Crippen molar-refractivity contribution in [2.75, 3.05) is 20.8 Å². The Balaban J connectivity index is 3.19. The molecule has 21 heavy (non-hydrogen) atoms. The fraction of sp³-hybridized carbons (Fsp3) is 0.647. The molecule has 0 aliphatic heterocycles. The van der Waals surface area contributed by atoms with Gasteiger partial charge in [-0.05, 0) is 36.9 Å². The van der Waals surface area contributed by atoms with Gasteiger partial charge in [0.05, 0.1) is 14.2 Å². The molecular weight excluding hydrogens is 286 g/mol. The molecule has 3 nitrogen and oxygen atoms in total. The van der Waals surface area contributed by atoms with Crippen LogP contribution < -0.4 is 14.8 Å². The molecule has 0 amide bonds. The maximum atomic E-state index is 6.39. The lowest BCUT2D eigenvalue weighted by Gasteiger charge is -2.29. The van der Waals surface area contributed by atoms with Gasteiger partial charge in [-0.1, -0.05) is 39.3 Å². The normalized spacial score (nSPS) is 13.1. The molecule has 0 aliphatic rings. The molecule has 0 aliphatic carbocycles. The first-order valence-corrected chi connectivity index (χ1v) is 7.85. The third-order valence-corrected chi connectivity index (χ3v) is 3.71. The Hall–Kier alpha value is -0.930. The van der Waals surface area contributed by atoms with Crippen molar-refractivity contribution in [2.24, 2.45) is 5.41 Å². The van der Waals surface area contributed by atoms with Crippen molar-refractivity contribution >= 4 is 11.6 Å². The minimum atomic E-state index is 0.211. The zero-order chi connectivity index (χ0) is 16.0. The third-order valence-electron chi connectivity index (χ3n) is 3.35. The van der Waals surface area contributed by atoms with Crippen LogP contribution in [0.1, 0.15) is 52.1 Å². The molecule has 0 spiro atoms. The fourth-order valence-electron chi connectivity index (χ4n) is 2.42. The highest BCUT2D eigenvalue weighted by molar-refractivity contribution is 6.33. The molecule has 1 aromatic rings. The van der Waals surface area contributed by atoms with Crippen LogP contribution in [0.15, 0.2) is 12.1 Å². The van der Waals surface area contributed by atoms with Crippen LogP contribution in [0, 0.1) is 5.41 Å². The lowest BCUT2D eigenvalue weighted by molar-refractivity contribution is 0.303. The van der Waals surface area contributed by atoms with Gasteiger partial charge >= 0.3 is 0 Å². The molecule has 0 bridgehead atoms. The van der Waals surface area contributed by atoms with E-state index in [1.165, 1.54) is 0 Å². The summed E-state index contributed by atoms with van der Waals surface area (Å²) in [4.78, 5) is 0. The summed E-state index contributed by atoms with van der Waals surface area (Å²) in [5, 5.41) is 4.14. The molecule has 120 valence electrons. The van der Waals surface area contributed by atoms with Gasteiger partial charge < -0.3 is 14.8 Å². The van der Waals surface area contributed by atoms with Crippen LogP contribution in [0.2, 0.25) is 5.02 Å². The second kappa shape index (κ2) is 7.90. The largest absolute Gasteiger partial charge is 0.495 e. The summed E-state index contributed by atoms with van der Waals surface area (Å²) >= 11 is 6.39. The molecule has 0 saturated carbocycles. The molecule has 0 radical (unpaired) electrons. The molecule has 1 atom stereocenters. The smallest absolute Gasteiger partial charge is 0.146 e. The van der Waals surface area contributed by atoms with Crippen LogP contribution in [0.25, 0.3) is 0 Å². The summed E-state index contributed by atoms with van der Waals surface area (Å²) in [7, 11) is 3.26. The third kappa shape index (κ3) is 5.08. The Kier molecular flexibility index (Phi) is 6.82. The molecular formula is C17H28ClNO2. The number of rotatable bonds is 7. The SMILES string of the molecule is CCCNC(CC(C)(C)C)c1ccc(OC)c(Cl)c1OC. The molecule has 1 rings (SSSR count). The van der Waals surface area contributed by atoms with Gasteiger partial charge in [0.25, 0.3) is 0 Å². The summed E-state index contributed by atoms with van der Waals surface area (Å²) in [6.45, 7) is 9.86. The highest BCUT2D eigenvalue weighted by Crippen LogP contribution is 2.42. The number of halogens is 1. The summed E-state index contributed by atoms with van der Waals surface area (Å²) in [6, 6.07) is 4.16. The zero-order valence-corrected chi connectivity index (χ0v) is 14.8. The monoisotopic (exact) mass is 313 g/mol. The molecule has 4 heteroatoms. The van der Waals surface area contributed by atoms with E-state index in [2.05, 4.69) is 33.0 Å². The predicted octanol–water partition coefficient (Wildman–Crippen LogP) is 4.83. The van der Waals surface area contributed by atoms with Crippen molar-refractivity contribution in [1.82, 2.24) is 5.32 Å². The second-order valence-electron chi connectivity index (χ2n) is 6.48. The quantitative estimate of drug-likeness (QED) is 0.781. The minimum absolute atomic E-state index is 0.211. The maximum Gasteiger partial charge on any atom is 0.146 e. The van der Waals surface area contributed by atoms with E-state index in [4.69, 9.17) is 21.1 Å². The summed E-state index contributed by atoms with van der Waals surface area (Å²) in [6.07, 6.45) is 2.10. The van der Waals surface area contributed by atoms with Crippen LogP contribution in [-0.4, -0.2) is 20.8 Å². The van der Waals surface area contributed by atoms with Gasteiger partial charge in [-0.25, -0.2) is 0 Å². The first kappa shape index (κ1) is 18.1. The Morgan fingerprint density at radius 2 is 1.86 bits per heavy atom. The maximum absolute atomic E-state index is 6.39. The first-order valence-electron chi connectivity index (χ1n) is 7.47. The van der Waals surface area contributed by atoms with Gasteiger partial charge in [0.1, 0.15) is 16.5 Å². The number of methoxy groups -OCH3 is 2. The van der Waals surface area contributed by atoms with E-state index in [0.717, 1.165) is 24.9 Å². The molecule has 1 aromatic carbocycles. The van der Waals surface area contributed by atoms with Gasteiger partial charge in [0.15, 0.2) is 0 Å². The van der Waals surface area contributed by atoms with Crippen LogP contribution in [-0.2, 0) is 0 Å². The van der Waals surface area contributed by atoms with E-state index < -0.39 is 0 Å². The zero-order valence-electron chi connectivity index (χ0n) is 14.0. The summed E-state index contributed by atoms with van der Waals surface area (Å²) < 4.78 is 10.8. The van der Waals surface area contributed by atoms with Gasteiger partial charge in [-0.15, -0.1) is 0 Å². The molecule has 0 saturated heterocycles. The Labute approximate surface area is 134 Å². The number of hydrogen-bond acceptors (Lipinski definition) is 3. The van der Waals surface area contributed by atoms with Crippen molar-refractivity contribution in [3.8, 4) is 11.5 Å². The highest BCUT2D eigenvalue weighted by Gasteiger charge is 2.24. The molecule has 1 unspecified atom stereocenters. The van der Waals surface area contributed by atoms with Crippen molar-refractivity contribution in [3.05, 3.63) is 22.7 Å². The van der Waals surface area contributed by atoms with Crippen LogP contribution in [0.3, 0.4) is 0 Å². The summed E-state index contributed by atoms with van der Waals surface area (Å²) in [5.74, 6) is 1.34. The lowest BCUT2D eigenvalue weighted by Crippen LogP contribution is -2.27. The number of benzene rings is 1. The van der Waals surface area contributed by atoms with Crippen molar-refractivity contribution in [3.63, 3.8) is 0 Å². The predicted molar refractivity (Wildman–Crippen MR) is 89.7 cm³/mol. The number of ether oxygens (including phenoxy) is 2. The van der Waals surface area contributed by atoms with E-state index in [1.54, 1.807) is 14.2 Å². The molecule has 0 aromatic heterocycles. The van der Waals surface area contributed by atoms with E-state index in [1.807, 2.05) is 12.1 Å². The van der Waals surface area contributed by atoms with Gasteiger partial charge in [0, 0.05) is 11.6 Å². The number of hydrogen-bond donors (Lipinski definition) is 1. The van der Waals surface area contributed by atoms with E-state index in [-0.39, 0.29) is 11.5 Å². The fourth-order valence-corrected chi connectivity index (χ4v) is 2.74. The molecule has 0 heterocycles. The standard InChI is InChI=1S/C17H28ClNO2/c1-7-10-19-13(11-17(2,3)4)12-8-9-14(20-5)15(18)16(12)21-6/h8-9,13,19H,7,10-11H2,1-6H3. The first-order chi connectivity index (χ1) is 9.84. The van der Waals surface area contributed by atoms with Crippen LogP contribution >= 0.6 is 11.6 Å². The van der Waals surface area contributed by atoms with Crippen molar-refractivity contribution < 1.29 is 9.47 Å². The summed E-state index contributed by atoms with van der Waals surface area (Å²) in [5.41, 5.74) is 1.30. The average Bonchev–Trinajstić information content (AvgIpc) is 2.41. The lowest BCUT2D eigenvalue weighted by atomic mass is 9.85. The molecule has 1 N–H and O–H groups in total. The second-order valence-corrected chi connectivity index (χ2v) is 6.85. The van der Waals surface area contributed by atoms with Crippen LogP contribution in [0.5, 0.6) is 11.5 Å². The van der Waals surface area contributed by atoms with Crippen molar-refractivity contribution in [1.29, 1.82) is 0 Å². The van der Waals surface area contributed by atoms with Gasteiger partial charge in [0.2, 0.25) is 0 Å². The number of nitrogens with one attached hydrogen (secondary N) is 1. The van der Waals surface area contributed by atoms with Gasteiger partial charge in [-0.2, -0.15) is 0 Å². The van der Waals surface area contributed by atoms with Crippen LogP contribution in [0.4, 0.5) is 0 Å². The van der Waals surface area contributed by atoms with Crippen molar-refractivity contribution in [2.45, 2.75) is 46.6 Å². The Bertz CT molecular complexity index is 455. The highest BCUT2D eigenvalue weighted by atomic mass is 35.5. The van der Waals surface area contributed by atoms with E-state index in [0.29, 0.717) is 16.5 Å². The van der Waals surface area contributed by atoms with E-state index >= 15 is 0 Å². The van der Waals surface area contributed by atoms with Gasteiger partial charge in [-0.3, -0.25) is 0 Å². The Morgan fingerprint density at radius 1 is 1.19 bits per heavy atom. The topological polar surface area (TPSA) is 30.5 Å². The average molecular weight is 314 g/mol. The van der Waals surface area contributed by atoms with E-state index in [9.17, 15) is 0 Å². The Morgan fingerprint density at radius 3 is 2.33 bits per heavy atom. The molecule has 0 fully saturated rings. The minimum Gasteiger partial charge on any atom is -0.495 e.